The Balaban J connectivity index is 2.16. The van der Waals surface area contributed by atoms with E-state index in [1.54, 1.807) is 30.4 Å². The van der Waals surface area contributed by atoms with E-state index in [-0.39, 0.29) is 9.73 Å². The Morgan fingerprint density at radius 3 is 2.68 bits per heavy atom. The lowest BCUT2D eigenvalue weighted by Crippen LogP contribution is -2.28. The molecule has 0 aliphatic carbocycles. The van der Waals surface area contributed by atoms with Crippen molar-refractivity contribution in [2.75, 3.05) is 13.6 Å². The van der Waals surface area contributed by atoms with Gasteiger partial charge in [0.15, 0.2) is 0 Å². The zero-order chi connectivity index (χ0) is 15.9. The van der Waals surface area contributed by atoms with Gasteiger partial charge in [-0.15, -0.1) is 0 Å². The Morgan fingerprint density at radius 2 is 2.05 bits per heavy atom. The molecule has 0 spiro atoms. The topological polar surface area (TPSA) is 94.3 Å². The predicted molar refractivity (Wildman–Crippen MR) is 90.4 cm³/mol. The van der Waals surface area contributed by atoms with Crippen molar-refractivity contribution in [1.82, 2.24) is 8.87 Å². The second-order valence-corrected chi connectivity index (χ2v) is 8.33. The van der Waals surface area contributed by atoms with Gasteiger partial charge in [-0.25, -0.2) is 12.4 Å². The zero-order valence-corrected chi connectivity index (χ0v) is 13.8. The molecule has 1 aromatic carbocycles. The molecule has 0 amide bonds. The molecule has 1 aromatic heterocycles. The van der Waals surface area contributed by atoms with Crippen LogP contribution in [0.5, 0.6) is 0 Å². The molecule has 1 atom stereocenters. The van der Waals surface area contributed by atoms with Gasteiger partial charge in [0.2, 0.25) is 0 Å². The molecule has 0 saturated heterocycles. The molecule has 6 nitrogen and oxygen atoms in total. The molecule has 0 bridgehead atoms. The fourth-order valence-corrected chi connectivity index (χ4v) is 5.36. The minimum Gasteiger partial charge on any atom is -0.355 e. The summed E-state index contributed by atoms with van der Waals surface area (Å²) in [6, 6.07) is 7.44. The van der Waals surface area contributed by atoms with E-state index in [9.17, 15) is 8.42 Å². The minimum absolute atomic E-state index is 0.252. The normalized spacial score (nSPS) is 19.0. The van der Waals surface area contributed by atoms with Crippen molar-refractivity contribution in [1.29, 1.82) is 0 Å². The van der Waals surface area contributed by atoms with Crippen LogP contribution in [0.4, 0.5) is 0 Å². The van der Waals surface area contributed by atoms with Gasteiger partial charge in [0.25, 0.3) is 10.0 Å². The molecule has 3 rings (SSSR count). The largest absolute Gasteiger partial charge is 0.355 e. The van der Waals surface area contributed by atoms with Crippen molar-refractivity contribution in [2.45, 2.75) is 11.9 Å². The van der Waals surface area contributed by atoms with Crippen molar-refractivity contribution >= 4 is 32.7 Å². The SMILES string of the molecule is CN1C=C(S(=O)(=O)n2cc(CCN)c3ccccc32)SC1N. The van der Waals surface area contributed by atoms with E-state index in [0.717, 1.165) is 22.7 Å². The molecule has 0 fully saturated rings. The maximum atomic E-state index is 12.9. The first-order valence-corrected chi connectivity index (χ1v) is 9.17. The minimum atomic E-state index is -3.65. The number of para-hydroxylation sites is 1. The highest BCUT2D eigenvalue weighted by molar-refractivity contribution is 8.18. The number of rotatable bonds is 4. The Hall–Kier alpha value is -1.48. The third-order valence-corrected chi connectivity index (χ3v) is 6.90. The lowest BCUT2D eigenvalue weighted by Gasteiger charge is -2.12. The molecule has 4 N–H and O–H groups in total. The molecular formula is C14H18N4O2S2. The highest BCUT2D eigenvalue weighted by Crippen LogP contribution is 2.35. The molecule has 8 heteroatoms. The number of hydrogen-bond donors (Lipinski definition) is 2. The standard InChI is InChI=1S/C14H18N4O2S2/c1-17-9-13(21-14(17)16)22(19,20)18-8-10(6-7-15)11-4-2-3-5-12(11)18/h2-5,8-9,14H,6-7,15-16H2,1H3. The summed E-state index contributed by atoms with van der Waals surface area (Å²) < 4.78 is 27.4. The Kier molecular flexibility index (Phi) is 3.94. The predicted octanol–water partition coefficient (Wildman–Crippen LogP) is 1.04. The van der Waals surface area contributed by atoms with Crippen LogP contribution in [-0.4, -0.2) is 36.4 Å². The van der Waals surface area contributed by atoms with Crippen LogP contribution in [0, 0.1) is 0 Å². The van der Waals surface area contributed by atoms with Crippen LogP contribution in [0.1, 0.15) is 5.56 Å². The van der Waals surface area contributed by atoms with Gasteiger partial charge in [-0.2, -0.15) is 0 Å². The molecule has 0 radical (unpaired) electrons. The molecule has 2 aromatic rings. The first-order chi connectivity index (χ1) is 10.4. The Morgan fingerprint density at radius 1 is 1.32 bits per heavy atom. The number of nitrogens with two attached hydrogens (primary N) is 2. The number of aromatic nitrogens is 1. The van der Waals surface area contributed by atoms with Crippen molar-refractivity contribution in [2.24, 2.45) is 11.5 Å². The number of fused-ring (bicyclic) bond motifs is 1. The lowest BCUT2D eigenvalue weighted by atomic mass is 10.1. The van der Waals surface area contributed by atoms with Crippen molar-refractivity contribution in [3.05, 3.63) is 46.5 Å². The van der Waals surface area contributed by atoms with Crippen LogP contribution < -0.4 is 11.5 Å². The Bertz CT molecular complexity index is 842. The van der Waals surface area contributed by atoms with Crippen LogP contribution in [0.2, 0.25) is 0 Å². The summed E-state index contributed by atoms with van der Waals surface area (Å²) in [6.07, 6.45) is 3.87. The van der Waals surface area contributed by atoms with E-state index in [4.69, 9.17) is 11.5 Å². The molecule has 22 heavy (non-hydrogen) atoms. The highest BCUT2D eigenvalue weighted by Gasteiger charge is 2.31. The van der Waals surface area contributed by atoms with Crippen LogP contribution >= 0.6 is 11.8 Å². The van der Waals surface area contributed by atoms with Gasteiger partial charge in [0, 0.05) is 24.8 Å². The molecule has 1 unspecified atom stereocenters. The molecule has 1 aliphatic rings. The molecule has 2 heterocycles. The fraction of sp³-hybridized carbons (Fsp3) is 0.286. The van der Waals surface area contributed by atoms with Gasteiger partial charge in [-0.1, -0.05) is 30.0 Å². The highest BCUT2D eigenvalue weighted by atomic mass is 32.3. The quantitative estimate of drug-likeness (QED) is 0.865. The molecule has 1 aliphatic heterocycles. The zero-order valence-electron chi connectivity index (χ0n) is 12.1. The van der Waals surface area contributed by atoms with E-state index in [0.29, 0.717) is 18.5 Å². The Labute approximate surface area is 133 Å². The average molecular weight is 338 g/mol. The molecular weight excluding hydrogens is 320 g/mol. The van der Waals surface area contributed by atoms with E-state index >= 15 is 0 Å². The fourth-order valence-electron chi connectivity index (χ4n) is 2.47. The number of thioether (sulfide) groups is 1. The third kappa shape index (κ3) is 2.41. The third-order valence-electron chi connectivity index (χ3n) is 3.63. The van der Waals surface area contributed by atoms with Crippen molar-refractivity contribution in [3.63, 3.8) is 0 Å². The van der Waals surface area contributed by atoms with Gasteiger partial charge >= 0.3 is 0 Å². The molecule has 118 valence electrons. The van der Waals surface area contributed by atoms with Crippen LogP contribution in [0.15, 0.2) is 40.9 Å². The van der Waals surface area contributed by atoms with Gasteiger partial charge < -0.3 is 16.4 Å². The summed E-state index contributed by atoms with van der Waals surface area (Å²) in [5.41, 5.74) is 12.7. The second kappa shape index (κ2) is 5.62. The maximum Gasteiger partial charge on any atom is 0.275 e. The molecule has 0 saturated carbocycles. The van der Waals surface area contributed by atoms with Crippen molar-refractivity contribution < 1.29 is 8.42 Å². The number of hydrogen-bond acceptors (Lipinski definition) is 6. The second-order valence-electron chi connectivity index (χ2n) is 5.13. The monoisotopic (exact) mass is 338 g/mol. The van der Waals surface area contributed by atoms with Gasteiger partial charge in [0.1, 0.15) is 9.73 Å². The summed E-state index contributed by atoms with van der Waals surface area (Å²) in [7, 11) is -1.89. The lowest BCUT2D eigenvalue weighted by molar-refractivity contribution is 0.446. The van der Waals surface area contributed by atoms with Crippen LogP contribution in [-0.2, 0) is 16.4 Å². The van der Waals surface area contributed by atoms with E-state index in [1.165, 1.54) is 3.97 Å². The summed E-state index contributed by atoms with van der Waals surface area (Å²) in [6.45, 7) is 0.471. The van der Waals surface area contributed by atoms with Gasteiger partial charge in [-0.05, 0) is 24.6 Å². The summed E-state index contributed by atoms with van der Waals surface area (Å²) in [5, 5.41) is 0.915. The first-order valence-electron chi connectivity index (χ1n) is 6.86. The number of benzene rings is 1. The van der Waals surface area contributed by atoms with Crippen LogP contribution in [0.25, 0.3) is 10.9 Å². The van der Waals surface area contributed by atoms with Gasteiger partial charge in [-0.3, -0.25) is 0 Å². The number of nitrogens with zero attached hydrogens (tertiary/aromatic N) is 2. The smallest absolute Gasteiger partial charge is 0.275 e. The van der Waals surface area contributed by atoms with E-state index < -0.39 is 10.0 Å². The summed E-state index contributed by atoms with van der Waals surface area (Å²) in [4.78, 5) is 1.68. The van der Waals surface area contributed by atoms with Crippen molar-refractivity contribution in [3.8, 4) is 0 Å². The van der Waals surface area contributed by atoms with E-state index in [1.807, 2.05) is 18.2 Å². The maximum absolute atomic E-state index is 12.9. The van der Waals surface area contributed by atoms with E-state index in [2.05, 4.69) is 0 Å². The summed E-state index contributed by atoms with van der Waals surface area (Å²) in [5.74, 6) is 0. The van der Waals surface area contributed by atoms with Crippen LogP contribution in [0.3, 0.4) is 0 Å². The average Bonchev–Trinajstić information content (AvgIpc) is 3.02. The van der Waals surface area contributed by atoms with Gasteiger partial charge in [0.05, 0.1) is 5.52 Å². The summed E-state index contributed by atoms with van der Waals surface area (Å²) >= 11 is 1.14. The first kappa shape index (κ1) is 15.4.